The Morgan fingerprint density at radius 1 is 1.42 bits per heavy atom. The van der Waals surface area contributed by atoms with Crippen LogP contribution in [0.2, 0.25) is 0 Å². The summed E-state index contributed by atoms with van der Waals surface area (Å²) in [6, 6.07) is 7.33. The van der Waals surface area contributed by atoms with Crippen LogP contribution in [-0.4, -0.2) is 34.5 Å². The van der Waals surface area contributed by atoms with Crippen molar-refractivity contribution < 1.29 is 9.53 Å². The topological polar surface area (TPSA) is 75.3 Å². The number of carbonyl (C=O) groups is 1. The number of H-pyrrole nitrogens is 1. The SMILES string of the molecule is COC(=O)c1ccc2c(=O)[nH]c(CN3CCC[C@H]3c3ccsc3)nc2c1. The molecule has 0 unspecified atom stereocenters. The number of aromatic amines is 1. The number of methoxy groups -OCH3 is 1. The smallest absolute Gasteiger partial charge is 0.337 e. The number of fused-ring (bicyclic) bond motifs is 1. The average molecular weight is 369 g/mol. The molecule has 26 heavy (non-hydrogen) atoms. The van der Waals surface area contributed by atoms with E-state index in [1.165, 1.54) is 12.7 Å². The minimum atomic E-state index is -0.437. The summed E-state index contributed by atoms with van der Waals surface area (Å²) in [5, 5.41) is 4.75. The van der Waals surface area contributed by atoms with Gasteiger partial charge in [0.05, 0.1) is 30.1 Å². The summed E-state index contributed by atoms with van der Waals surface area (Å²) in [4.78, 5) is 34.0. The van der Waals surface area contributed by atoms with Crippen molar-refractivity contribution in [2.24, 2.45) is 0 Å². The molecule has 1 aromatic carbocycles. The van der Waals surface area contributed by atoms with E-state index in [9.17, 15) is 9.59 Å². The highest BCUT2D eigenvalue weighted by Crippen LogP contribution is 2.33. The van der Waals surface area contributed by atoms with Gasteiger partial charge in [0.25, 0.3) is 5.56 Å². The van der Waals surface area contributed by atoms with Crippen molar-refractivity contribution in [2.45, 2.75) is 25.4 Å². The van der Waals surface area contributed by atoms with Crippen molar-refractivity contribution >= 4 is 28.2 Å². The van der Waals surface area contributed by atoms with Gasteiger partial charge in [0.2, 0.25) is 0 Å². The molecule has 0 spiro atoms. The summed E-state index contributed by atoms with van der Waals surface area (Å²) in [6.45, 7) is 1.55. The van der Waals surface area contributed by atoms with E-state index in [0.717, 1.165) is 19.4 Å². The van der Waals surface area contributed by atoms with Crippen molar-refractivity contribution in [3.8, 4) is 0 Å². The molecule has 0 saturated carbocycles. The lowest BCUT2D eigenvalue weighted by Gasteiger charge is -2.23. The van der Waals surface area contributed by atoms with Crippen molar-refractivity contribution in [2.75, 3.05) is 13.7 Å². The molecule has 1 atom stereocenters. The largest absolute Gasteiger partial charge is 0.465 e. The lowest BCUT2D eigenvalue weighted by Crippen LogP contribution is -2.25. The van der Waals surface area contributed by atoms with Gasteiger partial charge in [0, 0.05) is 6.04 Å². The molecular weight excluding hydrogens is 350 g/mol. The Morgan fingerprint density at radius 3 is 3.08 bits per heavy atom. The Hall–Kier alpha value is -2.51. The predicted molar refractivity (Wildman–Crippen MR) is 100 cm³/mol. The van der Waals surface area contributed by atoms with Gasteiger partial charge in [-0.1, -0.05) is 0 Å². The van der Waals surface area contributed by atoms with Gasteiger partial charge in [-0.15, -0.1) is 0 Å². The van der Waals surface area contributed by atoms with Gasteiger partial charge in [0.1, 0.15) is 5.82 Å². The number of nitrogens with one attached hydrogen (secondary N) is 1. The lowest BCUT2D eigenvalue weighted by atomic mass is 10.1. The number of hydrogen-bond donors (Lipinski definition) is 1. The third kappa shape index (κ3) is 3.15. The van der Waals surface area contributed by atoms with Crippen LogP contribution in [0.1, 0.15) is 40.6 Å². The number of benzene rings is 1. The first-order valence-corrected chi connectivity index (χ1v) is 9.47. The standard InChI is InChI=1S/C19H19N3O3S/c1-25-19(24)12-4-5-14-15(9-12)20-17(21-18(14)23)10-22-7-2-3-16(22)13-6-8-26-11-13/h4-6,8-9,11,16H,2-3,7,10H2,1H3,(H,20,21,23)/t16-/m0/s1. The molecule has 134 valence electrons. The summed E-state index contributed by atoms with van der Waals surface area (Å²) in [6.07, 6.45) is 2.24. The molecular formula is C19H19N3O3S. The van der Waals surface area contributed by atoms with E-state index in [1.54, 1.807) is 29.5 Å². The van der Waals surface area contributed by atoms with Gasteiger partial charge < -0.3 is 9.72 Å². The molecule has 1 aliphatic heterocycles. The predicted octanol–water partition coefficient (Wildman–Crippen LogP) is 3.11. The lowest BCUT2D eigenvalue weighted by molar-refractivity contribution is 0.0601. The van der Waals surface area contributed by atoms with Crippen LogP contribution in [0, 0.1) is 0 Å². The molecule has 2 aromatic heterocycles. The fraction of sp³-hybridized carbons (Fsp3) is 0.316. The van der Waals surface area contributed by atoms with Gasteiger partial charge >= 0.3 is 5.97 Å². The summed E-state index contributed by atoms with van der Waals surface area (Å²) < 4.78 is 4.75. The van der Waals surface area contributed by atoms with Gasteiger partial charge in [0.15, 0.2) is 0 Å². The molecule has 7 heteroatoms. The molecule has 1 aliphatic rings. The maximum atomic E-state index is 12.4. The summed E-state index contributed by atoms with van der Waals surface area (Å²) in [5.41, 5.74) is 2.04. The van der Waals surface area contributed by atoms with Crippen molar-refractivity contribution in [3.05, 3.63) is 62.3 Å². The molecule has 0 aliphatic carbocycles. The minimum Gasteiger partial charge on any atom is -0.465 e. The normalized spacial score (nSPS) is 17.7. The molecule has 3 aromatic rings. The first kappa shape index (κ1) is 16.9. The number of esters is 1. The van der Waals surface area contributed by atoms with Gasteiger partial charge in [-0.2, -0.15) is 11.3 Å². The molecule has 1 N–H and O–H groups in total. The molecule has 6 nitrogen and oxygen atoms in total. The molecule has 0 radical (unpaired) electrons. The minimum absolute atomic E-state index is 0.187. The number of rotatable bonds is 4. The molecule has 1 fully saturated rings. The van der Waals surface area contributed by atoms with E-state index >= 15 is 0 Å². The Balaban J connectivity index is 1.66. The van der Waals surface area contributed by atoms with Crippen LogP contribution in [-0.2, 0) is 11.3 Å². The second kappa shape index (κ2) is 7.01. The maximum absolute atomic E-state index is 12.4. The van der Waals surface area contributed by atoms with E-state index in [4.69, 9.17) is 4.74 Å². The number of thiophene rings is 1. The third-order valence-electron chi connectivity index (χ3n) is 4.82. The highest BCUT2D eigenvalue weighted by molar-refractivity contribution is 7.07. The van der Waals surface area contributed by atoms with E-state index in [1.807, 2.05) is 0 Å². The highest BCUT2D eigenvalue weighted by Gasteiger charge is 2.27. The quantitative estimate of drug-likeness (QED) is 0.715. The van der Waals surface area contributed by atoms with Crippen molar-refractivity contribution in [1.82, 2.24) is 14.9 Å². The fourth-order valence-corrected chi connectivity index (χ4v) is 4.26. The summed E-state index contributed by atoms with van der Waals surface area (Å²) >= 11 is 1.70. The van der Waals surface area contributed by atoms with Crippen LogP contribution in [0.5, 0.6) is 0 Å². The Labute approximate surface area is 154 Å². The number of hydrogen-bond acceptors (Lipinski definition) is 6. The van der Waals surface area contributed by atoms with Crippen LogP contribution in [0.4, 0.5) is 0 Å². The number of nitrogens with zero attached hydrogens (tertiary/aromatic N) is 2. The zero-order chi connectivity index (χ0) is 18.1. The van der Waals surface area contributed by atoms with E-state index < -0.39 is 5.97 Å². The van der Waals surface area contributed by atoms with Gasteiger partial charge in [-0.3, -0.25) is 9.69 Å². The number of carbonyl (C=O) groups excluding carboxylic acids is 1. The van der Waals surface area contributed by atoms with Crippen LogP contribution < -0.4 is 5.56 Å². The van der Waals surface area contributed by atoms with Gasteiger partial charge in [-0.05, 0) is 60.0 Å². The molecule has 4 rings (SSSR count). The monoisotopic (exact) mass is 369 g/mol. The van der Waals surface area contributed by atoms with E-state index in [0.29, 0.717) is 34.9 Å². The van der Waals surface area contributed by atoms with Gasteiger partial charge in [-0.25, -0.2) is 9.78 Å². The Kier molecular flexibility index (Phi) is 4.57. The Morgan fingerprint density at radius 2 is 2.31 bits per heavy atom. The van der Waals surface area contributed by atoms with E-state index in [-0.39, 0.29) is 5.56 Å². The highest BCUT2D eigenvalue weighted by atomic mass is 32.1. The number of aromatic nitrogens is 2. The van der Waals surface area contributed by atoms with E-state index in [2.05, 4.69) is 31.7 Å². The van der Waals surface area contributed by atoms with Crippen molar-refractivity contribution in [3.63, 3.8) is 0 Å². The fourth-order valence-electron chi connectivity index (χ4n) is 3.56. The first-order valence-electron chi connectivity index (χ1n) is 8.53. The summed E-state index contributed by atoms with van der Waals surface area (Å²) in [7, 11) is 1.33. The summed E-state index contributed by atoms with van der Waals surface area (Å²) in [5.74, 6) is 0.180. The molecule has 0 bridgehead atoms. The second-order valence-corrected chi connectivity index (χ2v) is 7.20. The maximum Gasteiger partial charge on any atom is 0.337 e. The second-order valence-electron chi connectivity index (χ2n) is 6.42. The zero-order valence-corrected chi connectivity index (χ0v) is 15.2. The molecule has 1 saturated heterocycles. The average Bonchev–Trinajstić information content (AvgIpc) is 3.32. The van der Waals surface area contributed by atoms with Crippen LogP contribution in [0.15, 0.2) is 39.8 Å². The number of likely N-dealkylation sites (tertiary alicyclic amines) is 1. The first-order chi connectivity index (χ1) is 12.7. The molecule has 0 amide bonds. The third-order valence-corrected chi connectivity index (χ3v) is 5.52. The molecule has 3 heterocycles. The Bertz CT molecular complexity index is 997. The van der Waals surface area contributed by atoms with Crippen molar-refractivity contribution in [1.29, 1.82) is 0 Å². The van der Waals surface area contributed by atoms with Crippen LogP contribution >= 0.6 is 11.3 Å². The van der Waals surface area contributed by atoms with Crippen LogP contribution in [0.3, 0.4) is 0 Å². The zero-order valence-electron chi connectivity index (χ0n) is 14.4. The number of ether oxygens (including phenoxy) is 1. The van der Waals surface area contributed by atoms with Crippen LogP contribution in [0.25, 0.3) is 10.9 Å².